The van der Waals surface area contributed by atoms with Gasteiger partial charge in [-0.15, -0.1) is 0 Å². The molecule has 31 heavy (non-hydrogen) atoms. The number of halogens is 8. The number of ether oxygens (including phenoxy) is 3. The molecule has 1 aliphatic rings. The number of hydrogen-bond acceptors (Lipinski definition) is 5. The Hall–Kier alpha value is -2.45. The fraction of sp³-hybridized carbons (Fsp3) is 0.500. The van der Waals surface area contributed by atoms with Crippen LogP contribution in [0.2, 0.25) is 0 Å². The molecule has 172 valence electrons. The summed E-state index contributed by atoms with van der Waals surface area (Å²) in [5.74, 6) is -3.62. The molecule has 1 aromatic carbocycles. The summed E-state index contributed by atoms with van der Waals surface area (Å²) in [6.07, 6.45) is -16.4. The van der Waals surface area contributed by atoms with Crippen LogP contribution in [0.25, 0.3) is 11.0 Å². The molecule has 2 heterocycles. The third-order valence-electron chi connectivity index (χ3n) is 4.28. The summed E-state index contributed by atoms with van der Waals surface area (Å²) >= 11 is 2.88. The first-order chi connectivity index (χ1) is 14.1. The van der Waals surface area contributed by atoms with Gasteiger partial charge in [0.1, 0.15) is 17.7 Å². The topological polar surface area (TPSA) is 65.8 Å². The lowest BCUT2D eigenvalue weighted by atomic mass is 10.2. The number of hydrogen-bond donors (Lipinski definition) is 0. The predicted octanol–water partition coefficient (Wildman–Crippen LogP) is 5.21. The molecule has 0 atom stereocenters. The summed E-state index contributed by atoms with van der Waals surface area (Å²) in [5, 5.41) is 0. The maximum Gasteiger partial charge on any atom is 0.507 e. The van der Waals surface area contributed by atoms with Gasteiger partial charge in [0.15, 0.2) is 11.5 Å². The molecule has 1 aromatic heterocycles. The normalized spacial score (nSPS) is 17.2. The van der Waals surface area contributed by atoms with Crippen molar-refractivity contribution in [2.45, 2.75) is 45.0 Å². The molecule has 0 N–H and O–H groups in total. The van der Waals surface area contributed by atoms with Gasteiger partial charge in [0, 0.05) is 16.6 Å². The number of amides is 1. The predicted molar refractivity (Wildman–Crippen MR) is 93.0 cm³/mol. The molecule has 0 radical (unpaired) electrons. The molecular weight excluding hydrogens is 511 g/mol. The molecule has 0 spiro atoms. The number of benzene rings is 1. The molecule has 0 bridgehead atoms. The number of rotatable bonds is 3. The average Bonchev–Trinajstić information content (AvgIpc) is 3.01. The van der Waals surface area contributed by atoms with E-state index in [0.717, 1.165) is 18.1 Å². The van der Waals surface area contributed by atoms with Gasteiger partial charge in [-0.1, -0.05) is 0 Å². The Kier molecular flexibility index (Phi) is 5.47. The average molecular weight is 524 g/mol. The Morgan fingerprint density at radius 1 is 1.26 bits per heavy atom. The summed E-state index contributed by atoms with van der Waals surface area (Å²) in [6.45, 7) is 2.05. The minimum absolute atomic E-state index is 0.260. The van der Waals surface area contributed by atoms with Crippen molar-refractivity contribution < 1.29 is 49.7 Å². The van der Waals surface area contributed by atoms with Crippen LogP contribution < -0.4 is 9.47 Å². The second kappa shape index (κ2) is 7.31. The van der Waals surface area contributed by atoms with Gasteiger partial charge in [-0.2, -0.15) is 30.7 Å². The molecule has 2 aromatic rings. The fourth-order valence-electron chi connectivity index (χ4n) is 2.83. The van der Waals surface area contributed by atoms with Crippen molar-refractivity contribution in [2.24, 2.45) is 0 Å². The Bertz CT molecular complexity index is 1040. The van der Waals surface area contributed by atoms with Crippen LogP contribution >= 0.6 is 15.9 Å². The molecule has 15 heteroatoms. The molecule has 3 rings (SSSR count). The number of aromatic nitrogens is 2. The quantitative estimate of drug-likeness (QED) is 0.517. The third-order valence-corrected chi connectivity index (χ3v) is 4.88. The van der Waals surface area contributed by atoms with Crippen LogP contribution in [0.15, 0.2) is 10.5 Å². The van der Waals surface area contributed by atoms with E-state index in [1.165, 1.54) is 13.8 Å². The van der Waals surface area contributed by atoms with E-state index in [2.05, 4.69) is 35.1 Å². The monoisotopic (exact) mass is 523 g/mol. The van der Waals surface area contributed by atoms with E-state index in [1.807, 2.05) is 0 Å². The SMILES string of the molecule is COC(=O)N(Cn1c(C(F)(F)F)nc2c(Br)cc3c(c21)OC(F)(F)C(F)(F)O3)C(C)C. The maximum absolute atomic E-state index is 13.8. The Balaban J connectivity index is 2.34. The van der Waals surface area contributed by atoms with Crippen LogP contribution in [0.1, 0.15) is 19.7 Å². The minimum Gasteiger partial charge on any atom is -0.453 e. The molecule has 0 saturated carbocycles. The van der Waals surface area contributed by atoms with Crippen LogP contribution in [-0.4, -0.2) is 45.9 Å². The number of imidazole rings is 1. The first-order valence-corrected chi connectivity index (χ1v) is 9.18. The molecule has 7 nitrogen and oxygen atoms in total. The minimum atomic E-state index is -5.19. The van der Waals surface area contributed by atoms with Gasteiger partial charge in [0.05, 0.1) is 7.11 Å². The van der Waals surface area contributed by atoms with Crippen molar-refractivity contribution in [2.75, 3.05) is 7.11 Å². The van der Waals surface area contributed by atoms with E-state index in [4.69, 9.17) is 0 Å². The van der Waals surface area contributed by atoms with Crippen LogP contribution in [0.4, 0.5) is 35.5 Å². The van der Waals surface area contributed by atoms with E-state index >= 15 is 0 Å². The first kappa shape index (κ1) is 23.2. The zero-order valence-electron chi connectivity index (χ0n) is 15.9. The lowest BCUT2D eigenvalue weighted by Crippen LogP contribution is -2.52. The lowest BCUT2D eigenvalue weighted by Gasteiger charge is -2.33. The van der Waals surface area contributed by atoms with Crippen molar-refractivity contribution in [1.29, 1.82) is 0 Å². The number of carbonyl (C=O) groups excluding carboxylic acids is 1. The van der Waals surface area contributed by atoms with Gasteiger partial charge < -0.3 is 14.2 Å². The highest BCUT2D eigenvalue weighted by Gasteiger charge is 2.66. The summed E-state index contributed by atoms with van der Waals surface area (Å²) in [7, 11) is 0.993. The summed E-state index contributed by atoms with van der Waals surface area (Å²) < 4.78 is 109. The number of nitrogens with zero attached hydrogens (tertiary/aromatic N) is 3. The van der Waals surface area contributed by atoms with Gasteiger partial charge in [-0.05, 0) is 29.8 Å². The van der Waals surface area contributed by atoms with Gasteiger partial charge in [0.25, 0.3) is 0 Å². The van der Waals surface area contributed by atoms with Crippen molar-refractivity contribution in [1.82, 2.24) is 14.5 Å². The van der Waals surface area contributed by atoms with E-state index < -0.39 is 65.6 Å². The molecule has 0 fully saturated rings. The van der Waals surface area contributed by atoms with Crippen molar-refractivity contribution in [3.63, 3.8) is 0 Å². The molecule has 1 amide bonds. The second-order valence-electron chi connectivity index (χ2n) is 6.66. The Morgan fingerprint density at radius 2 is 1.84 bits per heavy atom. The highest BCUT2D eigenvalue weighted by atomic mass is 79.9. The molecule has 0 aliphatic carbocycles. The standard InChI is InChI=1S/C16H13BrF7N3O4/c1-6(2)26(13(28)29-3)5-27-10-9(25-12(27)14(18,19)20)7(17)4-8-11(10)31-16(23,24)15(21,22)30-8/h4,6H,5H2,1-3H3. The first-order valence-electron chi connectivity index (χ1n) is 8.39. The van der Waals surface area contributed by atoms with Gasteiger partial charge in [-0.25, -0.2) is 9.78 Å². The third kappa shape index (κ3) is 3.83. The van der Waals surface area contributed by atoms with Crippen LogP contribution in [0, 0.1) is 0 Å². The van der Waals surface area contributed by atoms with Gasteiger partial charge >= 0.3 is 24.5 Å². The highest BCUT2D eigenvalue weighted by Crippen LogP contribution is 2.52. The Morgan fingerprint density at radius 3 is 2.35 bits per heavy atom. The zero-order valence-corrected chi connectivity index (χ0v) is 17.4. The zero-order chi connectivity index (χ0) is 23.5. The van der Waals surface area contributed by atoms with E-state index in [1.54, 1.807) is 0 Å². The Labute approximate surface area is 177 Å². The smallest absolute Gasteiger partial charge is 0.453 e. The van der Waals surface area contributed by atoms with Crippen LogP contribution in [0.5, 0.6) is 11.5 Å². The number of methoxy groups -OCH3 is 1. The summed E-state index contributed by atoms with van der Waals surface area (Å²) in [4.78, 5) is 16.3. The molecule has 0 saturated heterocycles. The van der Waals surface area contributed by atoms with Crippen molar-refractivity contribution >= 4 is 33.1 Å². The van der Waals surface area contributed by atoms with E-state index in [0.29, 0.717) is 4.57 Å². The lowest BCUT2D eigenvalue weighted by molar-refractivity contribution is -0.391. The van der Waals surface area contributed by atoms with Crippen molar-refractivity contribution in [3.05, 3.63) is 16.4 Å². The van der Waals surface area contributed by atoms with Gasteiger partial charge in [-0.3, -0.25) is 9.47 Å². The number of alkyl halides is 7. The highest BCUT2D eigenvalue weighted by molar-refractivity contribution is 9.10. The molecule has 1 aliphatic heterocycles. The molecule has 0 unspecified atom stereocenters. The van der Waals surface area contributed by atoms with Crippen LogP contribution in [0.3, 0.4) is 0 Å². The summed E-state index contributed by atoms with van der Waals surface area (Å²) in [5.41, 5.74) is -1.26. The van der Waals surface area contributed by atoms with Crippen molar-refractivity contribution in [3.8, 4) is 11.5 Å². The van der Waals surface area contributed by atoms with Crippen LogP contribution in [-0.2, 0) is 17.6 Å². The number of fused-ring (bicyclic) bond motifs is 3. The van der Waals surface area contributed by atoms with E-state index in [-0.39, 0.29) is 4.47 Å². The molecular formula is C16H13BrF7N3O4. The van der Waals surface area contributed by atoms with E-state index in [9.17, 15) is 35.5 Å². The fourth-order valence-corrected chi connectivity index (χ4v) is 3.31. The summed E-state index contributed by atoms with van der Waals surface area (Å²) in [6, 6.07) is 0.0376. The maximum atomic E-state index is 13.8. The second-order valence-corrected chi connectivity index (χ2v) is 7.51. The van der Waals surface area contributed by atoms with Gasteiger partial charge in [0.2, 0.25) is 5.82 Å². The largest absolute Gasteiger partial charge is 0.507 e. The number of carbonyl (C=O) groups is 1.